The molecule has 0 saturated carbocycles. The summed E-state index contributed by atoms with van der Waals surface area (Å²) >= 11 is 0. The van der Waals surface area contributed by atoms with Crippen molar-refractivity contribution in [3.05, 3.63) is 24.0 Å². The number of imidazole rings is 1. The van der Waals surface area contributed by atoms with Crippen molar-refractivity contribution >= 4 is 27.5 Å². The van der Waals surface area contributed by atoms with Crippen LogP contribution in [0.1, 0.15) is 19.7 Å². The van der Waals surface area contributed by atoms with Crippen LogP contribution in [-0.4, -0.2) is 25.3 Å². The molecule has 98 valence electrons. The Bertz CT molecular complexity index is 577. The van der Waals surface area contributed by atoms with Crippen LogP contribution in [0.2, 0.25) is 0 Å². The Kier molecular flexibility index (Phi) is 4.01. The van der Waals surface area contributed by atoms with Gasteiger partial charge in [-0.3, -0.25) is 4.21 Å². The zero-order chi connectivity index (χ0) is 13.1. The van der Waals surface area contributed by atoms with Crippen LogP contribution in [0.5, 0.6) is 0 Å². The van der Waals surface area contributed by atoms with E-state index < -0.39 is 10.8 Å². The monoisotopic (exact) mass is 265 g/mol. The number of hydrogen-bond acceptors (Lipinski definition) is 3. The lowest BCUT2D eigenvalue weighted by Crippen LogP contribution is -2.11. The molecule has 0 aliphatic heterocycles. The normalized spacial score (nSPS) is 13.0. The van der Waals surface area contributed by atoms with Gasteiger partial charge in [0.25, 0.3) is 0 Å². The second-order valence-corrected chi connectivity index (χ2v) is 6.08. The second kappa shape index (κ2) is 5.52. The van der Waals surface area contributed by atoms with Gasteiger partial charge in [0.05, 0.1) is 11.0 Å². The molecule has 2 aromatic rings. The van der Waals surface area contributed by atoms with E-state index in [1.165, 1.54) is 0 Å². The first-order valence-corrected chi connectivity index (χ1v) is 7.74. The largest absolute Gasteiger partial charge is 0.399 e. The molecule has 2 N–H and O–H groups in total. The Morgan fingerprint density at radius 1 is 1.39 bits per heavy atom. The van der Waals surface area contributed by atoms with Gasteiger partial charge in [0.1, 0.15) is 5.82 Å². The van der Waals surface area contributed by atoms with Crippen molar-refractivity contribution in [2.45, 2.75) is 26.8 Å². The molecule has 0 aliphatic rings. The Labute approximate surface area is 110 Å². The summed E-state index contributed by atoms with van der Waals surface area (Å²) in [7, 11) is -0.742. The molecule has 0 bridgehead atoms. The number of aryl methyl sites for hydroxylation is 2. The van der Waals surface area contributed by atoms with Gasteiger partial charge in [-0.25, -0.2) is 4.98 Å². The van der Waals surface area contributed by atoms with Crippen LogP contribution in [0.15, 0.2) is 18.2 Å². The first-order chi connectivity index (χ1) is 8.65. The quantitative estimate of drug-likeness (QED) is 0.841. The van der Waals surface area contributed by atoms with Gasteiger partial charge in [-0.05, 0) is 18.2 Å². The van der Waals surface area contributed by atoms with Gasteiger partial charge in [-0.1, -0.05) is 13.8 Å². The van der Waals surface area contributed by atoms with E-state index >= 15 is 0 Å². The fraction of sp³-hybridized carbons (Fsp3) is 0.462. The standard InChI is InChI=1S/C13H19N3OS/c1-3-13-15-11-9-10(14)5-6-12(11)16(13)7-8-18(17)4-2/h5-6,9H,3-4,7-8,14H2,1-2H3. The minimum atomic E-state index is -0.742. The summed E-state index contributed by atoms with van der Waals surface area (Å²) in [5.41, 5.74) is 8.50. The van der Waals surface area contributed by atoms with Crippen molar-refractivity contribution in [2.24, 2.45) is 0 Å². The molecular formula is C13H19N3OS. The number of fused-ring (bicyclic) bond motifs is 1. The van der Waals surface area contributed by atoms with E-state index in [2.05, 4.69) is 16.5 Å². The SMILES string of the molecule is CCc1nc2cc(N)ccc2n1CCS(=O)CC. The molecule has 0 fully saturated rings. The number of nitrogen functional groups attached to an aromatic ring is 1. The minimum absolute atomic E-state index is 0.680. The van der Waals surface area contributed by atoms with Crippen LogP contribution < -0.4 is 5.73 Å². The number of nitrogens with two attached hydrogens (primary N) is 1. The molecule has 0 spiro atoms. The Balaban J connectivity index is 2.37. The van der Waals surface area contributed by atoms with E-state index in [1.54, 1.807) is 0 Å². The third-order valence-corrected chi connectivity index (χ3v) is 4.31. The number of nitrogens with zero attached hydrogens (tertiary/aromatic N) is 2. The van der Waals surface area contributed by atoms with Gasteiger partial charge in [0.15, 0.2) is 0 Å². The zero-order valence-electron chi connectivity index (χ0n) is 10.8. The molecule has 1 aromatic heterocycles. The van der Waals surface area contributed by atoms with E-state index in [9.17, 15) is 4.21 Å². The third-order valence-electron chi connectivity index (χ3n) is 3.03. The lowest BCUT2D eigenvalue weighted by atomic mass is 10.3. The van der Waals surface area contributed by atoms with E-state index in [4.69, 9.17) is 5.73 Å². The van der Waals surface area contributed by atoms with E-state index in [0.717, 1.165) is 35.5 Å². The smallest absolute Gasteiger partial charge is 0.109 e. The molecule has 1 heterocycles. The maximum Gasteiger partial charge on any atom is 0.109 e. The summed E-state index contributed by atoms with van der Waals surface area (Å²) in [5, 5.41) is 0. The number of aromatic nitrogens is 2. The van der Waals surface area contributed by atoms with Crippen molar-refractivity contribution < 1.29 is 4.21 Å². The van der Waals surface area contributed by atoms with Gasteiger partial charge in [0.2, 0.25) is 0 Å². The van der Waals surface area contributed by atoms with Gasteiger partial charge in [0, 0.05) is 41.0 Å². The summed E-state index contributed by atoms with van der Waals surface area (Å²) in [6.45, 7) is 4.78. The summed E-state index contributed by atoms with van der Waals surface area (Å²) in [6, 6.07) is 5.77. The fourth-order valence-corrected chi connectivity index (χ4v) is 2.73. The van der Waals surface area contributed by atoms with Gasteiger partial charge < -0.3 is 10.3 Å². The van der Waals surface area contributed by atoms with E-state index in [-0.39, 0.29) is 0 Å². The maximum absolute atomic E-state index is 11.6. The Hall–Kier alpha value is -1.36. The molecule has 0 saturated heterocycles. The molecule has 18 heavy (non-hydrogen) atoms. The van der Waals surface area contributed by atoms with Crippen molar-refractivity contribution in [2.75, 3.05) is 17.2 Å². The lowest BCUT2D eigenvalue weighted by molar-refractivity contribution is 0.671. The molecule has 1 aromatic carbocycles. The molecule has 0 aliphatic carbocycles. The van der Waals surface area contributed by atoms with Crippen molar-refractivity contribution in [1.82, 2.24) is 9.55 Å². The molecular weight excluding hydrogens is 246 g/mol. The summed E-state index contributed by atoms with van der Waals surface area (Å²) in [6.07, 6.45) is 0.868. The third kappa shape index (κ3) is 2.56. The number of anilines is 1. The zero-order valence-corrected chi connectivity index (χ0v) is 11.7. The topological polar surface area (TPSA) is 60.9 Å². The van der Waals surface area contributed by atoms with E-state index in [1.807, 2.05) is 25.1 Å². The van der Waals surface area contributed by atoms with Crippen molar-refractivity contribution in [3.8, 4) is 0 Å². The van der Waals surface area contributed by atoms with Crippen LogP contribution in [0.4, 0.5) is 5.69 Å². The molecule has 1 atom stereocenters. The fourth-order valence-electron chi connectivity index (χ4n) is 2.05. The number of rotatable bonds is 5. The highest BCUT2D eigenvalue weighted by Crippen LogP contribution is 2.19. The summed E-state index contributed by atoms with van der Waals surface area (Å²) < 4.78 is 13.7. The molecule has 0 radical (unpaired) electrons. The number of benzene rings is 1. The molecule has 4 nitrogen and oxygen atoms in total. The molecule has 2 rings (SSSR count). The second-order valence-electron chi connectivity index (χ2n) is 4.21. The van der Waals surface area contributed by atoms with Crippen molar-refractivity contribution in [1.29, 1.82) is 0 Å². The maximum atomic E-state index is 11.6. The summed E-state index contributed by atoms with van der Waals surface area (Å²) in [5.74, 6) is 2.42. The van der Waals surface area contributed by atoms with Crippen molar-refractivity contribution in [3.63, 3.8) is 0 Å². The van der Waals surface area contributed by atoms with E-state index in [0.29, 0.717) is 11.5 Å². The van der Waals surface area contributed by atoms with Gasteiger partial charge in [-0.15, -0.1) is 0 Å². The first kappa shape index (κ1) is 13.1. The minimum Gasteiger partial charge on any atom is -0.399 e. The van der Waals surface area contributed by atoms with Crippen LogP contribution >= 0.6 is 0 Å². The first-order valence-electron chi connectivity index (χ1n) is 6.25. The summed E-state index contributed by atoms with van der Waals surface area (Å²) in [4.78, 5) is 4.58. The Morgan fingerprint density at radius 2 is 2.17 bits per heavy atom. The van der Waals surface area contributed by atoms with Crippen LogP contribution in [0.25, 0.3) is 11.0 Å². The van der Waals surface area contributed by atoms with Gasteiger partial charge in [-0.2, -0.15) is 0 Å². The molecule has 1 unspecified atom stereocenters. The predicted octanol–water partition coefficient (Wildman–Crippen LogP) is 1.95. The Morgan fingerprint density at radius 3 is 2.83 bits per heavy atom. The average Bonchev–Trinajstić information content (AvgIpc) is 2.72. The predicted molar refractivity (Wildman–Crippen MR) is 77.1 cm³/mol. The highest BCUT2D eigenvalue weighted by molar-refractivity contribution is 7.84. The van der Waals surface area contributed by atoms with Gasteiger partial charge >= 0.3 is 0 Å². The molecule has 0 amide bonds. The highest BCUT2D eigenvalue weighted by Gasteiger charge is 2.10. The molecule has 5 heteroatoms. The van der Waals surface area contributed by atoms with Crippen LogP contribution in [0.3, 0.4) is 0 Å². The highest BCUT2D eigenvalue weighted by atomic mass is 32.2. The average molecular weight is 265 g/mol. The lowest BCUT2D eigenvalue weighted by Gasteiger charge is -2.07. The van der Waals surface area contributed by atoms with Crippen LogP contribution in [-0.2, 0) is 23.8 Å². The van der Waals surface area contributed by atoms with Crippen LogP contribution in [0, 0.1) is 0 Å². The number of hydrogen-bond donors (Lipinski definition) is 1.